The van der Waals surface area contributed by atoms with Crippen molar-refractivity contribution < 1.29 is 18.0 Å². The molecule has 4 nitrogen and oxygen atoms in total. The number of furan rings is 1. The molecule has 0 unspecified atom stereocenters. The molecule has 1 aromatic heterocycles. The highest BCUT2D eigenvalue weighted by atomic mass is 19.3. The van der Waals surface area contributed by atoms with Crippen molar-refractivity contribution in [3.05, 3.63) is 58.5 Å². The van der Waals surface area contributed by atoms with Crippen molar-refractivity contribution in [1.29, 1.82) is 5.26 Å². The van der Waals surface area contributed by atoms with Crippen LogP contribution < -0.4 is 5.32 Å². The molecule has 0 aliphatic heterocycles. The van der Waals surface area contributed by atoms with Gasteiger partial charge in [0.1, 0.15) is 0 Å². The lowest BCUT2D eigenvalue weighted by Gasteiger charge is -2.26. The number of nitriles is 1. The number of nitrogens with one attached hydrogen (secondary N) is 1. The van der Waals surface area contributed by atoms with Gasteiger partial charge in [0, 0.05) is 11.1 Å². The molecule has 1 amide bonds. The number of amides is 1. The van der Waals surface area contributed by atoms with Gasteiger partial charge in [-0.15, -0.1) is 0 Å². The van der Waals surface area contributed by atoms with Gasteiger partial charge in [0.15, 0.2) is 11.5 Å². The molecule has 2 aromatic rings. The molecule has 0 saturated heterocycles. The maximum absolute atomic E-state index is 12.7. The first-order valence-corrected chi connectivity index (χ1v) is 7.42. The Bertz CT molecular complexity index is 771. The Kier molecular flexibility index (Phi) is 5.03. The van der Waals surface area contributed by atoms with Crippen LogP contribution in [0.3, 0.4) is 0 Å². The Morgan fingerprint density at radius 1 is 1.33 bits per heavy atom. The van der Waals surface area contributed by atoms with Crippen molar-refractivity contribution in [2.24, 2.45) is 0 Å². The van der Waals surface area contributed by atoms with E-state index < -0.39 is 23.6 Å². The van der Waals surface area contributed by atoms with Gasteiger partial charge < -0.3 is 9.73 Å². The van der Waals surface area contributed by atoms with Crippen LogP contribution >= 0.6 is 0 Å². The molecule has 126 valence electrons. The smallest absolute Gasteiger partial charge is 0.295 e. The Balaban J connectivity index is 2.10. The molecule has 0 bridgehead atoms. The van der Waals surface area contributed by atoms with Crippen LogP contribution in [-0.4, -0.2) is 11.4 Å². The van der Waals surface area contributed by atoms with E-state index in [-0.39, 0.29) is 5.76 Å². The number of carbonyl (C=O) groups is 1. The van der Waals surface area contributed by atoms with E-state index in [0.717, 1.165) is 5.56 Å². The Morgan fingerprint density at radius 3 is 2.46 bits per heavy atom. The molecule has 0 spiro atoms. The first-order valence-electron chi connectivity index (χ1n) is 7.42. The molecule has 1 N–H and O–H groups in total. The fourth-order valence-corrected chi connectivity index (χ4v) is 2.46. The van der Waals surface area contributed by atoms with E-state index in [1.807, 2.05) is 32.0 Å². The summed E-state index contributed by atoms with van der Waals surface area (Å²) < 4.78 is 30.3. The summed E-state index contributed by atoms with van der Waals surface area (Å²) in [5, 5.41) is 11.6. The van der Waals surface area contributed by atoms with Gasteiger partial charge >= 0.3 is 0 Å². The minimum Gasteiger partial charge on any atom is -0.450 e. The number of carbonyl (C=O) groups excluding carboxylic acids is 1. The lowest BCUT2D eigenvalue weighted by atomic mass is 9.94. The van der Waals surface area contributed by atoms with Crippen molar-refractivity contribution in [3.63, 3.8) is 0 Å². The summed E-state index contributed by atoms with van der Waals surface area (Å²) in [6, 6.07) is 10.3. The van der Waals surface area contributed by atoms with Crippen LogP contribution in [0.1, 0.15) is 53.3 Å². The molecule has 0 radical (unpaired) electrons. The molecule has 1 heterocycles. The minimum absolute atomic E-state index is 0.0989. The van der Waals surface area contributed by atoms with Crippen LogP contribution in [0.4, 0.5) is 8.78 Å². The van der Waals surface area contributed by atoms with Gasteiger partial charge in [0.05, 0.1) is 11.6 Å². The normalized spacial score (nSPS) is 11.4. The average Bonchev–Trinajstić information content (AvgIpc) is 2.89. The van der Waals surface area contributed by atoms with Crippen LogP contribution in [0.2, 0.25) is 0 Å². The van der Waals surface area contributed by atoms with E-state index in [1.54, 1.807) is 19.1 Å². The lowest BCUT2D eigenvalue weighted by molar-refractivity contribution is 0.0859. The third-order valence-corrected chi connectivity index (χ3v) is 3.54. The largest absolute Gasteiger partial charge is 0.450 e. The molecule has 1 aromatic carbocycles. The first kappa shape index (κ1) is 17.7. The highest BCUT2D eigenvalue weighted by Gasteiger charge is 2.26. The molecule has 0 saturated carbocycles. The number of benzene rings is 1. The number of alkyl halides is 2. The Labute approximate surface area is 139 Å². The van der Waals surface area contributed by atoms with Crippen molar-refractivity contribution >= 4 is 5.91 Å². The number of halogens is 2. The quantitative estimate of drug-likeness (QED) is 0.894. The molecule has 2 rings (SSSR count). The van der Waals surface area contributed by atoms with Crippen molar-refractivity contribution in [3.8, 4) is 6.07 Å². The minimum atomic E-state index is -2.75. The maximum atomic E-state index is 12.7. The topological polar surface area (TPSA) is 66.0 Å². The predicted octanol–water partition coefficient (Wildman–Crippen LogP) is 4.15. The van der Waals surface area contributed by atoms with E-state index in [9.17, 15) is 13.6 Å². The molecule has 0 aliphatic rings. The number of aryl methyl sites for hydroxylation is 1. The van der Waals surface area contributed by atoms with Gasteiger partial charge in [-0.3, -0.25) is 4.79 Å². The highest BCUT2D eigenvalue weighted by molar-refractivity contribution is 5.93. The van der Waals surface area contributed by atoms with Crippen LogP contribution in [0.25, 0.3) is 0 Å². The zero-order valence-electron chi connectivity index (χ0n) is 13.7. The molecule has 6 heteroatoms. The Morgan fingerprint density at radius 2 is 1.96 bits per heavy atom. The second kappa shape index (κ2) is 6.83. The summed E-state index contributed by atoms with van der Waals surface area (Å²) in [5.74, 6) is -1.14. The molecule has 0 aliphatic carbocycles. The van der Waals surface area contributed by atoms with Crippen molar-refractivity contribution in [2.75, 3.05) is 0 Å². The van der Waals surface area contributed by atoms with Crippen LogP contribution in [0.15, 0.2) is 34.7 Å². The molecule has 0 atom stereocenters. The van der Waals surface area contributed by atoms with Crippen LogP contribution in [0.5, 0.6) is 0 Å². The third kappa shape index (κ3) is 4.19. The monoisotopic (exact) mass is 332 g/mol. The van der Waals surface area contributed by atoms with Crippen molar-refractivity contribution in [1.82, 2.24) is 5.32 Å². The van der Waals surface area contributed by atoms with Gasteiger partial charge in [-0.25, -0.2) is 8.78 Å². The van der Waals surface area contributed by atoms with Crippen LogP contribution in [0, 0.1) is 18.3 Å². The van der Waals surface area contributed by atoms with E-state index in [0.29, 0.717) is 17.5 Å². The van der Waals surface area contributed by atoms with Gasteiger partial charge in [-0.05, 0) is 51.0 Å². The predicted molar refractivity (Wildman–Crippen MR) is 84.8 cm³/mol. The highest BCUT2D eigenvalue weighted by Crippen LogP contribution is 2.25. The summed E-state index contributed by atoms with van der Waals surface area (Å²) in [6.07, 6.45) is -2.23. The summed E-state index contributed by atoms with van der Waals surface area (Å²) >= 11 is 0. The zero-order chi connectivity index (χ0) is 17.9. The second-order valence-corrected chi connectivity index (χ2v) is 6.29. The SMILES string of the molecule is Cc1cc(C(F)F)oc1C(=O)NC(C)(C)Cc1ccc(C#N)cc1. The van der Waals surface area contributed by atoms with Gasteiger partial charge in [-0.2, -0.15) is 5.26 Å². The van der Waals surface area contributed by atoms with Gasteiger partial charge in [0.25, 0.3) is 12.3 Å². The molecular weight excluding hydrogens is 314 g/mol. The van der Waals surface area contributed by atoms with E-state index in [2.05, 4.69) is 5.32 Å². The van der Waals surface area contributed by atoms with E-state index in [4.69, 9.17) is 9.68 Å². The summed E-state index contributed by atoms with van der Waals surface area (Å²) in [4.78, 5) is 12.3. The zero-order valence-corrected chi connectivity index (χ0v) is 13.7. The van der Waals surface area contributed by atoms with E-state index >= 15 is 0 Å². The van der Waals surface area contributed by atoms with E-state index in [1.165, 1.54) is 6.07 Å². The summed E-state index contributed by atoms with van der Waals surface area (Å²) in [6.45, 7) is 5.21. The van der Waals surface area contributed by atoms with Crippen molar-refractivity contribution in [2.45, 2.75) is 39.2 Å². The maximum Gasteiger partial charge on any atom is 0.295 e. The number of nitrogens with zero attached hydrogens (tertiary/aromatic N) is 1. The number of hydrogen-bond donors (Lipinski definition) is 1. The average molecular weight is 332 g/mol. The number of rotatable bonds is 5. The Hall–Kier alpha value is -2.68. The third-order valence-electron chi connectivity index (χ3n) is 3.54. The molecule has 0 fully saturated rings. The van der Waals surface area contributed by atoms with Crippen LogP contribution in [-0.2, 0) is 6.42 Å². The molecular formula is C18H18F2N2O2. The lowest BCUT2D eigenvalue weighted by Crippen LogP contribution is -2.45. The summed E-state index contributed by atoms with van der Waals surface area (Å²) in [5.41, 5.74) is 1.27. The van der Waals surface area contributed by atoms with Gasteiger partial charge in [-0.1, -0.05) is 12.1 Å². The summed E-state index contributed by atoms with van der Waals surface area (Å²) in [7, 11) is 0. The standard InChI is InChI=1S/C18H18F2N2O2/c1-11-8-14(16(19)20)24-15(11)17(23)22-18(2,3)9-12-4-6-13(10-21)7-5-12/h4-8,16H,9H2,1-3H3,(H,22,23). The number of hydrogen-bond acceptors (Lipinski definition) is 3. The first-order chi connectivity index (χ1) is 11.2. The fraction of sp³-hybridized carbons (Fsp3) is 0.333. The fourth-order valence-electron chi connectivity index (χ4n) is 2.46. The molecule has 24 heavy (non-hydrogen) atoms. The second-order valence-electron chi connectivity index (χ2n) is 6.29. The van der Waals surface area contributed by atoms with Gasteiger partial charge in [0.2, 0.25) is 0 Å².